The molecular formula is C15H15IN2O3. The van der Waals surface area contributed by atoms with Crippen LogP contribution < -0.4 is 10.7 Å². The highest BCUT2D eigenvalue weighted by Crippen LogP contribution is 2.23. The summed E-state index contributed by atoms with van der Waals surface area (Å²) in [6.07, 6.45) is 3.53. The van der Waals surface area contributed by atoms with E-state index in [1.165, 1.54) is 6.20 Å². The molecule has 0 amide bonds. The fourth-order valence-electron chi connectivity index (χ4n) is 2.85. The molecule has 1 aliphatic rings. The molecule has 2 heterocycles. The van der Waals surface area contributed by atoms with Gasteiger partial charge in [0.1, 0.15) is 5.56 Å². The molecule has 0 saturated carbocycles. The van der Waals surface area contributed by atoms with Crippen LogP contribution in [-0.4, -0.2) is 28.7 Å². The maximum Gasteiger partial charge on any atom is 0.341 e. The number of fused-ring (bicyclic) bond motifs is 1. The standard InChI is InChI=1S/C15H15IN2O3/c16-9-3-4-13-11(6-9)14(19)12(15(20)21)8-18(13)10-2-1-5-17-7-10/h3-4,6,8,10,17H,1-2,5,7H2,(H,20,21). The van der Waals surface area contributed by atoms with Crippen molar-refractivity contribution in [1.82, 2.24) is 9.88 Å². The molecule has 0 radical (unpaired) electrons. The van der Waals surface area contributed by atoms with E-state index in [9.17, 15) is 14.7 Å². The van der Waals surface area contributed by atoms with Crippen LogP contribution in [0.15, 0.2) is 29.2 Å². The molecule has 2 N–H and O–H groups in total. The van der Waals surface area contributed by atoms with Crippen LogP contribution in [0.5, 0.6) is 0 Å². The van der Waals surface area contributed by atoms with Gasteiger partial charge in [-0.3, -0.25) is 4.79 Å². The van der Waals surface area contributed by atoms with Gasteiger partial charge in [0.25, 0.3) is 0 Å². The van der Waals surface area contributed by atoms with Crippen molar-refractivity contribution in [3.8, 4) is 0 Å². The summed E-state index contributed by atoms with van der Waals surface area (Å²) >= 11 is 2.13. The lowest BCUT2D eigenvalue weighted by Crippen LogP contribution is -2.33. The maximum atomic E-state index is 12.3. The van der Waals surface area contributed by atoms with Crippen molar-refractivity contribution in [2.45, 2.75) is 18.9 Å². The van der Waals surface area contributed by atoms with Gasteiger partial charge in [-0.2, -0.15) is 0 Å². The van der Waals surface area contributed by atoms with Crippen molar-refractivity contribution < 1.29 is 9.90 Å². The van der Waals surface area contributed by atoms with E-state index in [4.69, 9.17) is 0 Å². The number of aromatic nitrogens is 1. The zero-order valence-corrected chi connectivity index (χ0v) is 13.5. The van der Waals surface area contributed by atoms with Crippen LogP contribution in [0.4, 0.5) is 0 Å². The third-order valence-corrected chi connectivity index (χ3v) is 4.56. The summed E-state index contributed by atoms with van der Waals surface area (Å²) in [4.78, 5) is 23.7. The average molecular weight is 398 g/mol. The van der Waals surface area contributed by atoms with Crippen molar-refractivity contribution in [3.05, 3.63) is 43.8 Å². The van der Waals surface area contributed by atoms with Crippen molar-refractivity contribution in [2.24, 2.45) is 0 Å². The topological polar surface area (TPSA) is 71.3 Å². The van der Waals surface area contributed by atoms with Crippen LogP contribution in [0.3, 0.4) is 0 Å². The first-order valence-corrected chi connectivity index (χ1v) is 7.94. The fraction of sp³-hybridized carbons (Fsp3) is 0.333. The Hall–Kier alpha value is -1.41. The summed E-state index contributed by atoms with van der Waals surface area (Å²) < 4.78 is 2.87. The second-order valence-electron chi connectivity index (χ2n) is 5.25. The molecule has 1 unspecified atom stereocenters. The maximum absolute atomic E-state index is 12.3. The third-order valence-electron chi connectivity index (χ3n) is 3.89. The zero-order valence-electron chi connectivity index (χ0n) is 11.3. The highest BCUT2D eigenvalue weighted by Gasteiger charge is 2.20. The van der Waals surface area contributed by atoms with Crippen LogP contribution >= 0.6 is 22.6 Å². The first kappa shape index (κ1) is 14.5. The number of nitrogens with one attached hydrogen (secondary N) is 1. The van der Waals surface area contributed by atoms with E-state index in [1.54, 1.807) is 6.07 Å². The molecule has 1 aliphatic heterocycles. The van der Waals surface area contributed by atoms with Gasteiger partial charge in [0.05, 0.1) is 5.52 Å². The largest absolute Gasteiger partial charge is 0.477 e. The number of rotatable bonds is 2. The van der Waals surface area contributed by atoms with Gasteiger partial charge >= 0.3 is 5.97 Å². The quantitative estimate of drug-likeness (QED) is 0.762. The average Bonchev–Trinajstić information content (AvgIpc) is 2.48. The van der Waals surface area contributed by atoms with Gasteiger partial charge in [0.15, 0.2) is 0 Å². The SMILES string of the molecule is O=C(O)c1cn(C2CCCNC2)c2ccc(I)cc2c1=O. The first-order valence-electron chi connectivity index (χ1n) is 6.86. The van der Waals surface area contributed by atoms with E-state index in [1.807, 2.05) is 16.7 Å². The molecule has 5 nitrogen and oxygen atoms in total. The number of halogens is 1. The molecule has 3 rings (SSSR count). The van der Waals surface area contributed by atoms with E-state index in [0.29, 0.717) is 5.39 Å². The van der Waals surface area contributed by atoms with E-state index in [2.05, 4.69) is 27.9 Å². The number of pyridine rings is 1. The molecule has 21 heavy (non-hydrogen) atoms. The monoisotopic (exact) mass is 398 g/mol. The molecule has 0 spiro atoms. The first-order chi connectivity index (χ1) is 10.1. The molecule has 0 bridgehead atoms. The van der Waals surface area contributed by atoms with Gasteiger partial charge < -0.3 is 15.0 Å². The van der Waals surface area contributed by atoms with Gasteiger partial charge in [-0.25, -0.2) is 4.79 Å². The molecule has 1 aromatic heterocycles. The molecule has 1 aromatic carbocycles. The summed E-state index contributed by atoms with van der Waals surface area (Å²) in [5.74, 6) is -1.17. The second kappa shape index (κ2) is 5.76. The van der Waals surface area contributed by atoms with Crippen molar-refractivity contribution in [3.63, 3.8) is 0 Å². The van der Waals surface area contributed by atoms with Gasteiger partial charge in [-0.15, -0.1) is 0 Å². The van der Waals surface area contributed by atoms with Crippen LogP contribution in [0.1, 0.15) is 29.2 Å². The number of piperidine rings is 1. The molecule has 0 aliphatic carbocycles. The number of aromatic carboxylic acids is 1. The van der Waals surface area contributed by atoms with Crippen LogP contribution in [0, 0.1) is 3.57 Å². The summed E-state index contributed by atoms with van der Waals surface area (Å²) in [6.45, 7) is 1.78. The Balaban J connectivity index is 2.29. The predicted molar refractivity (Wildman–Crippen MR) is 89.0 cm³/mol. The van der Waals surface area contributed by atoms with Crippen molar-refractivity contribution >= 4 is 39.5 Å². The normalized spacial score (nSPS) is 18.8. The Bertz CT molecular complexity index is 763. The Labute approximate surface area is 135 Å². The van der Waals surface area contributed by atoms with Crippen molar-refractivity contribution in [1.29, 1.82) is 0 Å². The van der Waals surface area contributed by atoms with E-state index in [0.717, 1.165) is 35.0 Å². The Kier molecular flexibility index (Phi) is 3.99. The number of benzene rings is 1. The van der Waals surface area contributed by atoms with E-state index < -0.39 is 11.4 Å². The minimum atomic E-state index is -1.17. The predicted octanol–water partition coefficient (Wildman–Crippen LogP) is 2.23. The Morgan fingerprint density at radius 3 is 2.90 bits per heavy atom. The molecule has 1 saturated heterocycles. The Morgan fingerprint density at radius 2 is 2.24 bits per heavy atom. The lowest BCUT2D eigenvalue weighted by Gasteiger charge is -2.27. The zero-order chi connectivity index (χ0) is 15.0. The molecular weight excluding hydrogens is 383 g/mol. The number of nitrogens with zero attached hydrogens (tertiary/aromatic N) is 1. The lowest BCUT2D eigenvalue weighted by atomic mass is 10.0. The fourth-order valence-corrected chi connectivity index (χ4v) is 3.34. The van der Waals surface area contributed by atoms with E-state index in [-0.39, 0.29) is 11.6 Å². The number of hydrogen-bond donors (Lipinski definition) is 2. The number of hydrogen-bond acceptors (Lipinski definition) is 3. The minimum Gasteiger partial charge on any atom is -0.477 e. The summed E-state index contributed by atoms with van der Waals surface area (Å²) in [5.41, 5.74) is 0.241. The van der Waals surface area contributed by atoms with Gasteiger partial charge in [-0.1, -0.05) is 0 Å². The highest BCUT2D eigenvalue weighted by atomic mass is 127. The van der Waals surface area contributed by atoms with Gasteiger partial charge in [0, 0.05) is 27.7 Å². The van der Waals surface area contributed by atoms with Gasteiger partial charge in [-0.05, 0) is 60.2 Å². The second-order valence-corrected chi connectivity index (χ2v) is 6.49. The number of carboxylic acids is 1. The van der Waals surface area contributed by atoms with Crippen molar-refractivity contribution in [2.75, 3.05) is 13.1 Å². The van der Waals surface area contributed by atoms with E-state index >= 15 is 0 Å². The smallest absolute Gasteiger partial charge is 0.341 e. The summed E-state index contributed by atoms with van der Waals surface area (Å²) in [5, 5.41) is 13.1. The van der Waals surface area contributed by atoms with Crippen LogP contribution in [-0.2, 0) is 0 Å². The number of carbonyl (C=O) groups is 1. The molecule has 6 heteroatoms. The highest BCUT2D eigenvalue weighted by molar-refractivity contribution is 14.1. The third kappa shape index (κ3) is 2.69. The number of carboxylic acid groups (broad SMARTS) is 1. The van der Waals surface area contributed by atoms with Crippen LogP contribution in [0.25, 0.3) is 10.9 Å². The molecule has 1 fully saturated rings. The molecule has 110 valence electrons. The molecule has 2 aromatic rings. The lowest BCUT2D eigenvalue weighted by molar-refractivity contribution is 0.0694. The Morgan fingerprint density at radius 1 is 1.43 bits per heavy atom. The minimum absolute atomic E-state index is 0.157. The summed E-state index contributed by atoms with van der Waals surface area (Å²) in [6, 6.07) is 5.78. The van der Waals surface area contributed by atoms with Crippen LogP contribution in [0.2, 0.25) is 0 Å². The summed E-state index contributed by atoms with van der Waals surface area (Å²) in [7, 11) is 0. The molecule has 1 atom stereocenters. The van der Waals surface area contributed by atoms with Gasteiger partial charge in [0.2, 0.25) is 5.43 Å².